The predicted octanol–water partition coefficient (Wildman–Crippen LogP) is 2.47. The molecule has 1 saturated heterocycles. The molecule has 35 heavy (non-hydrogen) atoms. The topological polar surface area (TPSA) is 102 Å². The Morgan fingerprint density at radius 3 is 2.43 bits per heavy atom. The number of nitrogens with zero attached hydrogens (tertiary/aromatic N) is 4. The quantitative estimate of drug-likeness (QED) is 0.556. The van der Waals surface area contributed by atoms with Crippen molar-refractivity contribution in [2.24, 2.45) is 14.1 Å². The van der Waals surface area contributed by atoms with Crippen LogP contribution in [-0.4, -0.2) is 38.0 Å². The average Bonchev–Trinajstić information content (AvgIpc) is 3.12. The van der Waals surface area contributed by atoms with Gasteiger partial charge in [-0.2, -0.15) is 0 Å². The van der Waals surface area contributed by atoms with Crippen molar-refractivity contribution in [3.63, 3.8) is 0 Å². The standard InChI is InChI=1S/C26H35N5O4/c1-17-21(18(2)28-24-23(17)25(33)30(4)26(34)29(24)3)11-12-22(32)27-15-19-9-10-20(35-19)16-31-13-7-5-6-8-14-31/h9-10H,5-8,11-16H2,1-4H3,(H,27,32). The summed E-state index contributed by atoms with van der Waals surface area (Å²) >= 11 is 0. The van der Waals surface area contributed by atoms with Gasteiger partial charge >= 0.3 is 5.69 Å². The van der Waals surface area contributed by atoms with Crippen molar-refractivity contribution in [3.8, 4) is 0 Å². The van der Waals surface area contributed by atoms with E-state index >= 15 is 0 Å². The number of fused-ring (bicyclic) bond motifs is 1. The van der Waals surface area contributed by atoms with Crippen molar-refractivity contribution >= 4 is 16.9 Å². The van der Waals surface area contributed by atoms with E-state index in [2.05, 4.69) is 15.2 Å². The van der Waals surface area contributed by atoms with Gasteiger partial charge in [-0.05, 0) is 69.5 Å². The Morgan fingerprint density at radius 1 is 1.03 bits per heavy atom. The lowest BCUT2D eigenvalue weighted by molar-refractivity contribution is -0.121. The zero-order valence-electron chi connectivity index (χ0n) is 21.1. The van der Waals surface area contributed by atoms with Crippen molar-refractivity contribution in [2.75, 3.05) is 13.1 Å². The Hall–Kier alpha value is -3.20. The van der Waals surface area contributed by atoms with Gasteiger partial charge in [0.15, 0.2) is 0 Å². The molecular weight excluding hydrogens is 446 g/mol. The highest BCUT2D eigenvalue weighted by Gasteiger charge is 2.18. The van der Waals surface area contributed by atoms with Crippen LogP contribution in [0.4, 0.5) is 0 Å². The van der Waals surface area contributed by atoms with Gasteiger partial charge in [-0.1, -0.05) is 12.8 Å². The second-order valence-electron chi connectivity index (χ2n) is 9.54. The van der Waals surface area contributed by atoms with Crippen LogP contribution in [0.2, 0.25) is 0 Å². The lowest BCUT2D eigenvalue weighted by atomic mass is 10.00. The highest BCUT2D eigenvalue weighted by molar-refractivity contribution is 5.80. The first-order valence-electron chi connectivity index (χ1n) is 12.4. The van der Waals surface area contributed by atoms with Gasteiger partial charge in [0.05, 0.1) is 18.5 Å². The molecule has 1 amide bonds. The molecule has 188 valence electrons. The molecule has 1 aliphatic heterocycles. The van der Waals surface area contributed by atoms with Crippen LogP contribution >= 0.6 is 0 Å². The third kappa shape index (κ3) is 5.40. The molecule has 9 heteroatoms. The van der Waals surface area contributed by atoms with E-state index in [9.17, 15) is 14.4 Å². The van der Waals surface area contributed by atoms with Crippen molar-refractivity contribution in [1.29, 1.82) is 0 Å². The fourth-order valence-corrected chi connectivity index (χ4v) is 4.94. The molecule has 0 bridgehead atoms. The molecular formula is C26H35N5O4. The van der Waals surface area contributed by atoms with E-state index in [0.29, 0.717) is 24.0 Å². The summed E-state index contributed by atoms with van der Waals surface area (Å²) < 4.78 is 8.42. The molecule has 0 radical (unpaired) electrons. The average molecular weight is 482 g/mol. The Balaban J connectivity index is 1.38. The largest absolute Gasteiger partial charge is 0.463 e. The second kappa shape index (κ2) is 10.6. The lowest BCUT2D eigenvalue weighted by Gasteiger charge is -2.17. The number of hydrogen-bond donors (Lipinski definition) is 1. The molecule has 1 aliphatic rings. The van der Waals surface area contributed by atoms with E-state index in [4.69, 9.17) is 4.42 Å². The number of carbonyl (C=O) groups is 1. The third-order valence-electron chi connectivity index (χ3n) is 7.03. The minimum Gasteiger partial charge on any atom is -0.463 e. The molecule has 0 aromatic carbocycles. The van der Waals surface area contributed by atoms with Crippen LogP contribution in [0.25, 0.3) is 11.0 Å². The first kappa shape index (κ1) is 24.9. The van der Waals surface area contributed by atoms with Gasteiger partial charge in [0.2, 0.25) is 5.91 Å². The Morgan fingerprint density at radius 2 is 1.71 bits per heavy atom. The number of rotatable bonds is 7. The maximum Gasteiger partial charge on any atom is 0.332 e. The number of aromatic nitrogens is 3. The molecule has 4 heterocycles. The molecule has 0 aliphatic carbocycles. The SMILES string of the molecule is Cc1nc2c(c(C)c1CCC(=O)NCc1ccc(CN3CCCCCC3)o1)c(=O)n(C)c(=O)n2C. The van der Waals surface area contributed by atoms with E-state index in [0.717, 1.165) is 52.5 Å². The van der Waals surface area contributed by atoms with Crippen LogP contribution in [0.15, 0.2) is 26.1 Å². The second-order valence-corrected chi connectivity index (χ2v) is 9.54. The lowest BCUT2D eigenvalue weighted by Crippen LogP contribution is -2.38. The summed E-state index contributed by atoms with van der Waals surface area (Å²) in [5, 5.41) is 3.35. The van der Waals surface area contributed by atoms with Gasteiger partial charge in [0.25, 0.3) is 5.56 Å². The monoisotopic (exact) mass is 481 g/mol. The van der Waals surface area contributed by atoms with E-state index in [1.54, 1.807) is 7.05 Å². The number of furan rings is 1. The van der Waals surface area contributed by atoms with E-state index < -0.39 is 5.69 Å². The van der Waals surface area contributed by atoms with Crippen LogP contribution in [-0.2, 0) is 38.4 Å². The number of hydrogen-bond acceptors (Lipinski definition) is 6. The summed E-state index contributed by atoms with van der Waals surface area (Å²) in [4.78, 5) is 44.5. The molecule has 0 unspecified atom stereocenters. The van der Waals surface area contributed by atoms with E-state index in [1.807, 2.05) is 26.0 Å². The van der Waals surface area contributed by atoms with Crippen molar-refractivity contribution in [1.82, 2.24) is 24.3 Å². The molecule has 3 aromatic rings. The van der Waals surface area contributed by atoms with Gasteiger partial charge in [-0.15, -0.1) is 0 Å². The smallest absolute Gasteiger partial charge is 0.332 e. The molecule has 4 rings (SSSR count). The first-order chi connectivity index (χ1) is 16.8. The normalized spacial score (nSPS) is 14.9. The fraction of sp³-hybridized carbons (Fsp3) is 0.538. The summed E-state index contributed by atoms with van der Waals surface area (Å²) in [5.41, 5.74) is 1.94. The van der Waals surface area contributed by atoms with Crippen molar-refractivity contribution in [2.45, 2.75) is 65.5 Å². The number of aryl methyl sites for hydroxylation is 3. The third-order valence-corrected chi connectivity index (χ3v) is 7.03. The Bertz CT molecular complexity index is 1340. The number of nitrogens with one attached hydrogen (secondary N) is 1. The molecule has 1 fully saturated rings. The minimum absolute atomic E-state index is 0.0947. The predicted molar refractivity (Wildman–Crippen MR) is 134 cm³/mol. The van der Waals surface area contributed by atoms with Gasteiger partial charge in [-0.25, -0.2) is 9.78 Å². The number of likely N-dealkylation sites (tertiary alicyclic amines) is 1. The van der Waals surface area contributed by atoms with Gasteiger partial charge in [0.1, 0.15) is 17.2 Å². The maximum atomic E-state index is 12.7. The van der Waals surface area contributed by atoms with Crippen LogP contribution in [0, 0.1) is 13.8 Å². The van der Waals surface area contributed by atoms with Crippen molar-refractivity contribution in [3.05, 3.63) is 61.3 Å². The molecule has 1 N–H and O–H groups in total. The minimum atomic E-state index is -0.409. The van der Waals surface area contributed by atoms with Crippen LogP contribution in [0.1, 0.15) is 60.4 Å². The number of amides is 1. The van der Waals surface area contributed by atoms with Crippen LogP contribution < -0.4 is 16.6 Å². The van der Waals surface area contributed by atoms with Crippen LogP contribution in [0.3, 0.4) is 0 Å². The highest BCUT2D eigenvalue weighted by atomic mass is 16.3. The molecule has 3 aromatic heterocycles. The number of carbonyl (C=O) groups excluding carboxylic acids is 1. The van der Waals surface area contributed by atoms with Gasteiger partial charge in [-0.3, -0.25) is 23.6 Å². The molecule has 0 saturated carbocycles. The van der Waals surface area contributed by atoms with Gasteiger partial charge in [0, 0.05) is 26.2 Å². The zero-order chi connectivity index (χ0) is 25.1. The molecule has 0 atom stereocenters. The van der Waals surface area contributed by atoms with Crippen LogP contribution in [0.5, 0.6) is 0 Å². The number of pyridine rings is 1. The first-order valence-corrected chi connectivity index (χ1v) is 12.4. The van der Waals surface area contributed by atoms with Crippen molar-refractivity contribution < 1.29 is 9.21 Å². The Labute approximate surface area is 204 Å². The molecule has 0 spiro atoms. The summed E-state index contributed by atoms with van der Waals surface area (Å²) in [6, 6.07) is 3.92. The highest BCUT2D eigenvalue weighted by Crippen LogP contribution is 2.21. The summed E-state index contributed by atoms with van der Waals surface area (Å²) in [7, 11) is 3.07. The fourth-order valence-electron chi connectivity index (χ4n) is 4.94. The Kier molecular flexibility index (Phi) is 7.54. The van der Waals surface area contributed by atoms with E-state index in [1.165, 1.54) is 37.3 Å². The van der Waals surface area contributed by atoms with Gasteiger partial charge < -0.3 is 9.73 Å². The molecule has 9 nitrogen and oxygen atoms in total. The maximum absolute atomic E-state index is 12.7. The zero-order valence-corrected chi connectivity index (χ0v) is 21.1. The summed E-state index contributed by atoms with van der Waals surface area (Å²) in [6.45, 7) is 7.07. The summed E-state index contributed by atoms with van der Waals surface area (Å²) in [6.07, 6.45) is 5.80. The summed E-state index contributed by atoms with van der Waals surface area (Å²) in [5.74, 6) is 1.58. The van der Waals surface area contributed by atoms with E-state index in [-0.39, 0.29) is 17.9 Å².